The number of hydrogen-bond acceptors (Lipinski definition) is 6. The van der Waals surface area contributed by atoms with Crippen molar-refractivity contribution in [2.24, 2.45) is 0 Å². The molecular formula is C21H23N3O4S. The van der Waals surface area contributed by atoms with Gasteiger partial charge in [-0.2, -0.15) is 9.57 Å². The topological polar surface area (TPSA) is 82.9 Å². The molecule has 4 rings (SSSR count). The molecule has 0 spiro atoms. The molecular weight excluding hydrogens is 390 g/mol. The summed E-state index contributed by atoms with van der Waals surface area (Å²) in [4.78, 5) is 2.46. The number of hydrogen-bond donors (Lipinski definition) is 0. The first kappa shape index (κ1) is 19.7. The Hall–Kier alpha value is -2.60. The van der Waals surface area contributed by atoms with Crippen molar-refractivity contribution in [3.8, 4) is 17.6 Å². The Morgan fingerprint density at radius 3 is 2.31 bits per heavy atom. The number of nitriles is 1. The van der Waals surface area contributed by atoms with Crippen LogP contribution in [0.25, 0.3) is 0 Å². The van der Waals surface area contributed by atoms with Gasteiger partial charge in [-0.3, -0.25) is 4.90 Å². The highest BCUT2D eigenvalue weighted by Crippen LogP contribution is 2.33. The smallest absolute Gasteiger partial charge is 0.243 e. The van der Waals surface area contributed by atoms with Crippen LogP contribution in [0.15, 0.2) is 47.4 Å². The molecule has 0 atom stereocenters. The number of fused-ring (bicyclic) bond motifs is 1. The molecule has 1 fully saturated rings. The number of nitrogens with zero attached hydrogens (tertiary/aromatic N) is 3. The van der Waals surface area contributed by atoms with Crippen molar-refractivity contribution >= 4 is 10.0 Å². The van der Waals surface area contributed by atoms with E-state index in [4.69, 9.17) is 14.7 Å². The molecule has 0 aromatic heterocycles. The predicted molar refractivity (Wildman–Crippen MR) is 107 cm³/mol. The minimum atomic E-state index is -3.58. The molecule has 1 saturated heterocycles. The summed E-state index contributed by atoms with van der Waals surface area (Å²) in [5, 5.41) is 8.89. The number of rotatable bonds is 4. The fraction of sp³-hybridized carbons (Fsp3) is 0.381. The predicted octanol–water partition coefficient (Wildman–Crippen LogP) is 2.23. The average Bonchev–Trinajstić information content (AvgIpc) is 2.99. The Morgan fingerprint density at radius 2 is 1.62 bits per heavy atom. The summed E-state index contributed by atoms with van der Waals surface area (Å²) in [6.45, 7) is 4.02. The van der Waals surface area contributed by atoms with Crippen LogP contribution in [0.2, 0.25) is 0 Å². The van der Waals surface area contributed by atoms with Crippen LogP contribution in [0.3, 0.4) is 0 Å². The third-order valence-corrected chi connectivity index (χ3v) is 7.07. The highest BCUT2D eigenvalue weighted by Gasteiger charge is 2.29. The van der Waals surface area contributed by atoms with Gasteiger partial charge in [-0.05, 0) is 29.8 Å². The Morgan fingerprint density at radius 1 is 0.931 bits per heavy atom. The molecule has 2 aromatic rings. The van der Waals surface area contributed by atoms with Crippen molar-refractivity contribution in [2.75, 3.05) is 39.4 Å². The summed E-state index contributed by atoms with van der Waals surface area (Å²) >= 11 is 0. The minimum absolute atomic E-state index is 0.238. The maximum Gasteiger partial charge on any atom is 0.243 e. The summed E-state index contributed by atoms with van der Waals surface area (Å²) in [5.74, 6) is 1.08. The van der Waals surface area contributed by atoms with Crippen LogP contribution >= 0.6 is 0 Å². The summed E-state index contributed by atoms with van der Waals surface area (Å²) in [6, 6.07) is 14.4. The van der Waals surface area contributed by atoms with E-state index >= 15 is 0 Å². The highest BCUT2D eigenvalue weighted by molar-refractivity contribution is 7.89. The molecule has 0 saturated carbocycles. The van der Waals surface area contributed by atoms with Gasteiger partial charge in [0.05, 0.1) is 29.7 Å². The van der Waals surface area contributed by atoms with E-state index in [1.165, 1.54) is 4.31 Å². The van der Waals surface area contributed by atoms with Crippen LogP contribution in [0, 0.1) is 11.3 Å². The monoisotopic (exact) mass is 413 g/mol. The average molecular weight is 413 g/mol. The lowest BCUT2D eigenvalue weighted by atomic mass is 10.1. The van der Waals surface area contributed by atoms with E-state index in [2.05, 4.69) is 11.0 Å². The summed E-state index contributed by atoms with van der Waals surface area (Å²) in [7, 11) is -3.58. The summed E-state index contributed by atoms with van der Waals surface area (Å²) < 4.78 is 38.9. The van der Waals surface area contributed by atoms with Gasteiger partial charge in [0.2, 0.25) is 10.0 Å². The van der Waals surface area contributed by atoms with Crippen LogP contribution in [0.5, 0.6) is 11.5 Å². The largest absolute Gasteiger partial charge is 0.490 e. The van der Waals surface area contributed by atoms with Crippen molar-refractivity contribution in [1.82, 2.24) is 9.21 Å². The van der Waals surface area contributed by atoms with Crippen LogP contribution in [-0.2, 0) is 16.6 Å². The molecule has 7 nitrogen and oxygen atoms in total. The SMILES string of the molecule is N#Cc1ccc(CN2CCN(S(=O)(=O)c3ccc4c(c3)OCCCO4)CC2)cc1. The van der Waals surface area contributed by atoms with Gasteiger partial charge < -0.3 is 9.47 Å². The Labute approximate surface area is 171 Å². The van der Waals surface area contributed by atoms with E-state index in [9.17, 15) is 8.42 Å². The second-order valence-electron chi connectivity index (χ2n) is 7.15. The Balaban J connectivity index is 1.41. The fourth-order valence-electron chi connectivity index (χ4n) is 3.52. The number of ether oxygens (including phenoxy) is 2. The second kappa shape index (κ2) is 8.41. The standard InChI is InChI=1S/C21H23N3O4S/c22-15-17-2-4-18(5-3-17)16-23-8-10-24(11-9-23)29(25,26)19-6-7-20-21(14-19)28-13-1-12-27-20/h2-7,14H,1,8-13,16H2. The third-order valence-electron chi connectivity index (χ3n) is 5.18. The molecule has 0 unspecified atom stereocenters. The zero-order valence-electron chi connectivity index (χ0n) is 16.1. The molecule has 0 amide bonds. The normalized spacial score (nSPS) is 18.0. The maximum atomic E-state index is 13.1. The summed E-state index contributed by atoms with van der Waals surface area (Å²) in [5.41, 5.74) is 1.75. The molecule has 2 aromatic carbocycles. The molecule has 2 aliphatic rings. The van der Waals surface area contributed by atoms with Crippen LogP contribution in [0.1, 0.15) is 17.5 Å². The van der Waals surface area contributed by atoms with Crippen molar-refractivity contribution in [3.63, 3.8) is 0 Å². The first-order valence-electron chi connectivity index (χ1n) is 9.67. The van der Waals surface area contributed by atoms with Gasteiger partial charge in [-0.15, -0.1) is 0 Å². The molecule has 29 heavy (non-hydrogen) atoms. The number of piperazine rings is 1. The van der Waals surface area contributed by atoms with E-state index in [0.29, 0.717) is 56.5 Å². The van der Waals surface area contributed by atoms with E-state index in [1.807, 2.05) is 12.1 Å². The first-order valence-corrected chi connectivity index (χ1v) is 11.1. The maximum absolute atomic E-state index is 13.1. The molecule has 152 valence electrons. The van der Waals surface area contributed by atoms with Crippen LogP contribution < -0.4 is 9.47 Å². The quantitative estimate of drug-likeness (QED) is 0.764. The van der Waals surface area contributed by atoms with E-state index < -0.39 is 10.0 Å². The van der Waals surface area contributed by atoms with Crippen LogP contribution in [0.4, 0.5) is 0 Å². The van der Waals surface area contributed by atoms with Gasteiger partial charge in [0.1, 0.15) is 0 Å². The molecule has 0 bridgehead atoms. The van der Waals surface area contributed by atoms with E-state index in [1.54, 1.807) is 30.3 Å². The van der Waals surface area contributed by atoms with E-state index in [0.717, 1.165) is 18.5 Å². The van der Waals surface area contributed by atoms with Gasteiger partial charge >= 0.3 is 0 Å². The minimum Gasteiger partial charge on any atom is -0.490 e. The fourth-order valence-corrected chi connectivity index (χ4v) is 4.96. The molecule has 0 aliphatic carbocycles. The number of benzene rings is 2. The molecule has 2 aliphatic heterocycles. The molecule has 2 heterocycles. The lowest BCUT2D eigenvalue weighted by Crippen LogP contribution is -2.48. The Kier molecular flexibility index (Phi) is 5.72. The molecule has 0 N–H and O–H groups in total. The van der Waals surface area contributed by atoms with Gasteiger partial charge in [0.15, 0.2) is 11.5 Å². The number of sulfonamides is 1. The lowest BCUT2D eigenvalue weighted by Gasteiger charge is -2.34. The zero-order chi connectivity index (χ0) is 20.3. The van der Waals surface area contributed by atoms with Gasteiger partial charge in [0.25, 0.3) is 0 Å². The lowest BCUT2D eigenvalue weighted by molar-refractivity contribution is 0.181. The van der Waals surface area contributed by atoms with Crippen molar-refractivity contribution < 1.29 is 17.9 Å². The van der Waals surface area contributed by atoms with Crippen molar-refractivity contribution in [1.29, 1.82) is 5.26 Å². The van der Waals surface area contributed by atoms with Crippen LogP contribution in [-0.4, -0.2) is 57.0 Å². The van der Waals surface area contributed by atoms with Gasteiger partial charge in [0, 0.05) is 45.2 Å². The molecule has 8 heteroatoms. The zero-order valence-corrected chi connectivity index (χ0v) is 16.9. The second-order valence-corrected chi connectivity index (χ2v) is 9.09. The molecule has 0 radical (unpaired) electrons. The van der Waals surface area contributed by atoms with Gasteiger partial charge in [-0.25, -0.2) is 8.42 Å². The Bertz CT molecular complexity index is 1010. The van der Waals surface area contributed by atoms with Crippen molar-refractivity contribution in [3.05, 3.63) is 53.6 Å². The third kappa shape index (κ3) is 4.37. The summed E-state index contributed by atoms with van der Waals surface area (Å²) in [6.07, 6.45) is 0.776. The highest BCUT2D eigenvalue weighted by atomic mass is 32.2. The first-order chi connectivity index (χ1) is 14.1. The van der Waals surface area contributed by atoms with Crippen molar-refractivity contribution in [2.45, 2.75) is 17.9 Å². The van der Waals surface area contributed by atoms with E-state index in [-0.39, 0.29) is 4.90 Å². The van der Waals surface area contributed by atoms with Gasteiger partial charge in [-0.1, -0.05) is 12.1 Å².